The molecule has 0 saturated carbocycles. The maximum Gasteiger partial charge on any atom is 0.406 e. The van der Waals surface area contributed by atoms with Crippen molar-refractivity contribution in [1.29, 1.82) is 0 Å². The van der Waals surface area contributed by atoms with Gasteiger partial charge in [0.05, 0.1) is 6.61 Å². The van der Waals surface area contributed by atoms with E-state index in [9.17, 15) is 22.8 Å². The van der Waals surface area contributed by atoms with Crippen molar-refractivity contribution in [2.45, 2.75) is 12.6 Å². The van der Waals surface area contributed by atoms with E-state index >= 15 is 0 Å². The second-order valence-electron chi connectivity index (χ2n) is 4.28. The van der Waals surface area contributed by atoms with Crippen molar-refractivity contribution in [2.24, 2.45) is 5.41 Å². The Kier molecular flexibility index (Phi) is 4.61. The molecule has 19 heavy (non-hydrogen) atoms. The number of urea groups is 1. The number of amides is 2. The van der Waals surface area contributed by atoms with Crippen molar-refractivity contribution < 1.29 is 32.6 Å². The van der Waals surface area contributed by atoms with Crippen LogP contribution in [0.1, 0.15) is 6.42 Å². The Morgan fingerprint density at radius 1 is 1.47 bits per heavy atom. The average Bonchev–Trinajstić information content (AvgIpc) is 2.74. The molecule has 0 aromatic carbocycles. The molecule has 6 nitrogen and oxygen atoms in total. The number of alkyl halides is 3. The number of hydrogen-bond acceptors (Lipinski definition) is 3. The molecule has 1 saturated heterocycles. The topological polar surface area (TPSA) is 78.9 Å². The van der Waals surface area contributed by atoms with Crippen molar-refractivity contribution in [3.63, 3.8) is 0 Å². The number of likely N-dealkylation sites (tertiary alicyclic amines) is 1. The summed E-state index contributed by atoms with van der Waals surface area (Å²) in [6.45, 7) is -0.740. The summed E-state index contributed by atoms with van der Waals surface area (Å²) in [5.41, 5.74) is -2.87. The van der Waals surface area contributed by atoms with Crippen LogP contribution < -0.4 is 5.32 Å². The lowest BCUT2D eigenvalue weighted by molar-refractivity contribution is -0.226. The van der Waals surface area contributed by atoms with E-state index in [1.54, 1.807) is 0 Å². The number of rotatable bonds is 4. The molecule has 1 aliphatic heterocycles. The number of nitrogens with zero attached hydrogens (tertiary/aromatic N) is 1. The number of halogens is 3. The van der Waals surface area contributed by atoms with Gasteiger partial charge in [-0.25, -0.2) is 4.79 Å². The number of carboxylic acids is 1. The maximum absolute atomic E-state index is 12.9. The summed E-state index contributed by atoms with van der Waals surface area (Å²) in [6, 6.07) is -0.718. The van der Waals surface area contributed by atoms with Gasteiger partial charge in [-0.2, -0.15) is 13.2 Å². The molecule has 0 bridgehead atoms. The molecule has 110 valence electrons. The fraction of sp³-hybridized carbons (Fsp3) is 0.800. The number of nitrogens with one attached hydrogen (secondary N) is 1. The van der Waals surface area contributed by atoms with E-state index < -0.39 is 36.6 Å². The third kappa shape index (κ3) is 3.09. The molecular weight excluding hydrogens is 269 g/mol. The summed E-state index contributed by atoms with van der Waals surface area (Å²) >= 11 is 0. The molecule has 0 radical (unpaired) electrons. The lowest BCUT2D eigenvalue weighted by atomic mass is 9.86. The minimum absolute atomic E-state index is 0.151. The SMILES string of the molecule is COCCNC(=O)N1CCC(C(=O)O)(C(F)(F)F)C1. The predicted octanol–water partition coefficient (Wildman–Crippen LogP) is 0.681. The van der Waals surface area contributed by atoms with Gasteiger partial charge in [0.2, 0.25) is 0 Å². The molecule has 2 N–H and O–H groups in total. The number of aliphatic carboxylic acids is 1. The van der Waals surface area contributed by atoms with E-state index in [0.29, 0.717) is 0 Å². The molecule has 1 atom stereocenters. The van der Waals surface area contributed by atoms with Crippen LogP contribution in [0.2, 0.25) is 0 Å². The van der Waals surface area contributed by atoms with Gasteiger partial charge in [0.25, 0.3) is 0 Å². The fourth-order valence-electron chi connectivity index (χ4n) is 1.88. The molecule has 1 aliphatic rings. The summed E-state index contributed by atoms with van der Waals surface area (Å²) in [5, 5.41) is 11.2. The third-order valence-corrected chi connectivity index (χ3v) is 3.09. The largest absolute Gasteiger partial charge is 0.481 e. The van der Waals surface area contributed by atoms with E-state index in [1.165, 1.54) is 7.11 Å². The van der Waals surface area contributed by atoms with Crippen molar-refractivity contribution in [2.75, 3.05) is 33.4 Å². The van der Waals surface area contributed by atoms with E-state index in [-0.39, 0.29) is 19.7 Å². The lowest BCUT2D eigenvalue weighted by Gasteiger charge is -2.27. The Bertz CT molecular complexity index is 361. The first-order valence-electron chi connectivity index (χ1n) is 5.56. The van der Waals surface area contributed by atoms with Gasteiger partial charge in [0.1, 0.15) is 0 Å². The summed E-state index contributed by atoms with van der Waals surface area (Å²) in [7, 11) is 1.42. The molecule has 0 aromatic rings. The van der Waals surface area contributed by atoms with Crippen molar-refractivity contribution in [3.8, 4) is 0 Å². The van der Waals surface area contributed by atoms with E-state index in [2.05, 4.69) is 10.1 Å². The highest BCUT2D eigenvalue weighted by Crippen LogP contribution is 2.45. The first kappa shape index (κ1) is 15.5. The summed E-state index contributed by atoms with van der Waals surface area (Å²) < 4.78 is 43.2. The van der Waals surface area contributed by atoms with Crippen molar-refractivity contribution in [3.05, 3.63) is 0 Å². The van der Waals surface area contributed by atoms with Gasteiger partial charge >= 0.3 is 18.2 Å². The van der Waals surface area contributed by atoms with Gasteiger partial charge < -0.3 is 20.1 Å². The first-order chi connectivity index (χ1) is 8.74. The zero-order valence-corrected chi connectivity index (χ0v) is 10.3. The van der Waals surface area contributed by atoms with E-state index in [0.717, 1.165) is 4.90 Å². The molecule has 1 heterocycles. The van der Waals surface area contributed by atoms with E-state index in [1.807, 2.05) is 0 Å². The molecule has 0 spiro atoms. The van der Waals surface area contributed by atoms with Crippen LogP contribution in [-0.4, -0.2) is 61.5 Å². The van der Waals surface area contributed by atoms with Crippen LogP contribution in [0.4, 0.5) is 18.0 Å². The highest BCUT2D eigenvalue weighted by Gasteiger charge is 2.64. The Balaban J connectivity index is 2.70. The second-order valence-corrected chi connectivity index (χ2v) is 4.28. The number of carbonyl (C=O) groups is 2. The zero-order chi connectivity index (χ0) is 14.7. The molecule has 1 unspecified atom stereocenters. The van der Waals surface area contributed by atoms with Crippen LogP contribution in [0.25, 0.3) is 0 Å². The van der Waals surface area contributed by atoms with Crippen LogP contribution in [0.3, 0.4) is 0 Å². The molecule has 2 amide bonds. The van der Waals surface area contributed by atoms with Crippen molar-refractivity contribution >= 4 is 12.0 Å². The summed E-state index contributed by atoms with van der Waals surface area (Å²) in [5.74, 6) is -1.95. The van der Waals surface area contributed by atoms with Gasteiger partial charge in [0.15, 0.2) is 5.41 Å². The van der Waals surface area contributed by atoms with Gasteiger partial charge in [0, 0.05) is 26.7 Å². The number of carboxylic acid groups (broad SMARTS) is 1. The molecule has 0 aliphatic carbocycles. The minimum atomic E-state index is -4.89. The molecule has 1 rings (SSSR count). The zero-order valence-electron chi connectivity index (χ0n) is 10.3. The Labute approximate surface area is 107 Å². The van der Waals surface area contributed by atoms with Crippen molar-refractivity contribution in [1.82, 2.24) is 10.2 Å². The van der Waals surface area contributed by atoms with Crippen LogP contribution in [0, 0.1) is 5.41 Å². The second kappa shape index (κ2) is 5.64. The van der Waals surface area contributed by atoms with Crippen LogP contribution in [-0.2, 0) is 9.53 Å². The number of carbonyl (C=O) groups excluding carboxylic acids is 1. The minimum Gasteiger partial charge on any atom is -0.481 e. The number of methoxy groups -OCH3 is 1. The van der Waals surface area contributed by atoms with Gasteiger partial charge in [-0.15, -0.1) is 0 Å². The summed E-state index contributed by atoms with van der Waals surface area (Å²) in [4.78, 5) is 23.3. The van der Waals surface area contributed by atoms with E-state index in [4.69, 9.17) is 5.11 Å². The Morgan fingerprint density at radius 2 is 2.11 bits per heavy atom. The molecular formula is C10H15F3N2O4. The average molecular weight is 284 g/mol. The predicted molar refractivity (Wildman–Crippen MR) is 57.6 cm³/mol. The highest BCUT2D eigenvalue weighted by molar-refractivity contribution is 5.80. The molecule has 1 fully saturated rings. The lowest BCUT2D eigenvalue weighted by Crippen LogP contribution is -2.49. The highest BCUT2D eigenvalue weighted by atomic mass is 19.4. The molecule has 0 aromatic heterocycles. The van der Waals surface area contributed by atoms with Gasteiger partial charge in [-0.3, -0.25) is 4.79 Å². The summed E-state index contributed by atoms with van der Waals surface area (Å²) in [6.07, 6.45) is -5.52. The van der Waals surface area contributed by atoms with Gasteiger partial charge in [-0.05, 0) is 6.42 Å². The molecule has 9 heteroatoms. The standard InChI is InChI=1S/C10H15F3N2O4/c1-19-5-3-14-8(18)15-4-2-9(6-15,7(16)17)10(11,12)13/h2-6H2,1H3,(H,14,18)(H,16,17). The normalized spacial score (nSPS) is 23.5. The first-order valence-corrected chi connectivity index (χ1v) is 5.56. The smallest absolute Gasteiger partial charge is 0.406 e. The number of hydrogen-bond donors (Lipinski definition) is 2. The van der Waals surface area contributed by atoms with Crippen LogP contribution >= 0.6 is 0 Å². The van der Waals surface area contributed by atoms with Crippen LogP contribution in [0.5, 0.6) is 0 Å². The van der Waals surface area contributed by atoms with Gasteiger partial charge in [-0.1, -0.05) is 0 Å². The Morgan fingerprint density at radius 3 is 2.53 bits per heavy atom. The monoisotopic (exact) mass is 284 g/mol. The Hall–Kier alpha value is -1.51. The third-order valence-electron chi connectivity index (χ3n) is 3.09. The number of ether oxygens (including phenoxy) is 1. The quantitative estimate of drug-likeness (QED) is 0.744. The van der Waals surface area contributed by atoms with Crippen LogP contribution in [0.15, 0.2) is 0 Å². The maximum atomic E-state index is 12.9. The fourth-order valence-corrected chi connectivity index (χ4v) is 1.88.